The summed E-state index contributed by atoms with van der Waals surface area (Å²) in [4.78, 5) is 16.4. The fourth-order valence-electron chi connectivity index (χ4n) is 2.57. The number of carbonyl (C=O) groups is 1. The number of benzene rings is 1. The fourth-order valence-corrected chi connectivity index (χ4v) is 2.57. The van der Waals surface area contributed by atoms with Crippen LogP contribution in [0.1, 0.15) is 24.6 Å². The van der Waals surface area contributed by atoms with E-state index in [9.17, 15) is 4.79 Å². The van der Waals surface area contributed by atoms with E-state index in [1.54, 1.807) is 19.2 Å². The van der Waals surface area contributed by atoms with Crippen LogP contribution in [0.3, 0.4) is 0 Å². The standard InChI is InChI=1S/C19H25N5O2/c1-4-10-23-19(25)18(22)17(21)14-7-5-6-13(16(14)20)12-8-9-15(26-3)24-11(12)2/h5-9H,4,10,20-22H2,1-3H3,(H,23,25)/b18-17+. The first-order valence-corrected chi connectivity index (χ1v) is 8.35. The summed E-state index contributed by atoms with van der Waals surface area (Å²) in [6, 6.07) is 9.07. The highest BCUT2D eigenvalue weighted by molar-refractivity contribution is 6.01. The van der Waals surface area contributed by atoms with Crippen LogP contribution in [-0.2, 0) is 4.79 Å². The lowest BCUT2D eigenvalue weighted by Gasteiger charge is -2.15. The number of carbonyl (C=O) groups excluding carboxylic acids is 1. The highest BCUT2D eigenvalue weighted by Gasteiger charge is 2.16. The average molecular weight is 355 g/mol. The molecule has 1 aromatic carbocycles. The third-order valence-electron chi connectivity index (χ3n) is 4.03. The van der Waals surface area contributed by atoms with Crippen molar-refractivity contribution in [1.29, 1.82) is 0 Å². The number of anilines is 1. The van der Waals surface area contributed by atoms with Gasteiger partial charge in [0.1, 0.15) is 5.70 Å². The maximum absolute atomic E-state index is 12.1. The number of aryl methyl sites for hydroxylation is 1. The number of pyridine rings is 1. The molecule has 0 bridgehead atoms. The second-order valence-corrected chi connectivity index (χ2v) is 5.84. The van der Waals surface area contributed by atoms with Gasteiger partial charge in [0.25, 0.3) is 5.91 Å². The number of rotatable bonds is 6. The molecule has 26 heavy (non-hydrogen) atoms. The lowest BCUT2D eigenvalue weighted by atomic mass is 9.97. The number of para-hydroxylation sites is 1. The van der Waals surface area contributed by atoms with Crippen LogP contribution in [0.15, 0.2) is 36.0 Å². The number of ether oxygens (including phenoxy) is 1. The van der Waals surface area contributed by atoms with Gasteiger partial charge in [-0.05, 0) is 19.4 Å². The van der Waals surface area contributed by atoms with Gasteiger partial charge in [-0.15, -0.1) is 0 Å². The first-order chi connectivity index (χ1) is 12.4. The Morgan fingerprint density at radius 1 is 1.19 bits per heavy atom. The van der Waals surface area contributed by atoms with E-state index in [2.05, 4.69) is 10.3 Å². The highest BCUT2D eigenvalue weighted by Crippen LogP contribution is 2.33. The Morgan fingerprint density at radius 2 is 1.92 bits per heavy atom. The lowest BCUT2D eigenvalue weighted by molar-refractivity contribution is -0.117. The Morgan fingerprint density at radius 3 is 2.54 bits per heavy atom. The topological polar surface area (TPSA) is 129 Å². The van der Waals surface area contributed by atoms with Crippen molar-refractivity contribution >= 4 is 17.3 Å². The van der Waals surface area contributed by atoms with Crippen molar-refractivity contribution in [2.75, 3.05) is 19.4 Å². The molecule has 0 aliphatic heterocycles. The van der Waals surface area contributed by atoms with Crippen molar-refractivity contribution in [3.8, 4) is 17.0 Å². The number of nitrogen functional groups attached to an aromatic ring is 1. The Bertz CT molecular complexity index is 846. The van der Waals surface area contributed by atoms with Crippen molar-refractivity contribution in [2.45, 2.75) is 20.3 Å². The zero-order valence-corrected chi connectivity index (χ0v) is 15.3. The van der Waals surface area contributed by atoms with Gasteiger partial charge < -0.3 is 27.3 Å². The molecule has 0 fully saturated rings. The summed E-state index contributed by atoms with van der Waals surface area (Å²) < 4.78 is 5.14. The molecule has 1 amide bonds. The molecule has 7 heteroatoms. The van der Waals surface area contributed by atoms with Crippen molar-refractivity contribution in [1.82, 2.24) is 10.3 Å². The summed E-state index contributed by atoms with van der Waals surface area (Å²) in [5.74, 6) is 0.119. The number of methoxy groups -OCH3 is 1. The average Bonchev–Trinajstić information content (AvgIpc) is 2.65. The Kier molecular flexibility index (Phi) is 6.06. The lowest BCUT2D eigenvalue weighted by Crippen LogP contribution is -2.31. The van der Waals surface area contributed by atoms with Gasteiger partial charge in [0, 0.05) is 40.7 Å². The van der Waals surface area contributed by atoms with Gasteiger partial charge in [0.15, 0.2) is 0 Å². The summed E-state index contributed by atoms with van der Waals surface area (Å²) in [7, 11) is 1.56. The molecule has 0 aliphatic rings. The first-order valence-electron chi connectivity index (χ1n) is 8.35. The zero-order valence-electron chi connectivity index (χ0n) is 15.3. The van der Waals surface area contributed by atoms with Gasteiger partial charge in [0.2, 0.25) is 5.88 Å². The fraction of sp³-hybridized carbons (Fsp3) is 0.263. The molecule has 1 aromatic heterocycles. The van der Waals surface area contributed by atoms with Gasteiger partial charge >= 0.3 is 0 Å². The second-order valence-electron chi connectivity index (χ2n) is 5.84. The van der Waals surface area contributed by atoms with Crippen LogP contribution < -0.4 is 27.3 Å². The van der Waals surface area contributed by atoms with Crippen molar-refractivity contribution in [2.24, 2.45) is 11.5 Å². The monoisotopic (exact) mass is 355 g/mol. The summed E-state index contributed by atoms with van der Waals surface area (Å²) in [5, 5.41) is 2.70. The zero-order chi connectivity index (χ0) is 19.3. The van der Waals surface area contributed by atoms with Crippen molar-refractivity contribution < 1.29 is 9.53 Å². The number of nitrogens with two attached hydrogens (primary N) is 3. The van der Waals surface area contributed by atoms with E-state index < -0.39 is 5.91 Å². The molecule has 0 atom stereocenters. The summed E-state index contributed by atoms with van der Waals surface area (Å²) in [5.41, 5.74) is 21.8. The Balaban J connectivity index is 2.48. The summed E-state index contributed by atoms with van der Waals surface area (Å²) >= 11 is 0. The maximum Gasteiger partial charge on any atom is 0.269 e. The minimum absolute atomic E-state index is 0.0492. The van der Waals surface area contributed by atoms with Gasteiger partial charge in [0.05, 0.1) is 12.8 Å². The Labute approximate surface area is 153 Å². The number of hydrogen-bond acceptors (Lipinski definition) is 6. The molecule has 1 heterocycles. The number of nitrogens with zero attached hydrogens (tertiary/aromatic N) is 1. The van der Waals surface area contributed by atoms with E-state index in [0.717, 1.165) is 23.2 Å². The normalized spacial score (nSPS) is 11.7. The van der Waals surface area contributed by atoms with Gasteiger partial charge in [-0.25, -0.2) is 4.98 Å². The predicted molar refractivity (Wildman–Crippen MR) is 104 cm³/mol. The van der Waals surface area contributed by atoms with E-state index in [0.29, 0.717) is 23.7 Å². The van der Waals surface area contributed by atoms with Crippen LogP contribution in [0.2, 0.25) is 0 Å². The predicted octanol–water partition coefficient (Wildman–Crippen LogP) is 1.76. The van der Waals surface area contributed by atoms with Crippen LogP contribution in [0.25, 0.3) is 16.8 Å². The number of aromatic nitrogens is 1. The third-order valence-corrected chi connectivity index (χ3v) is 4.03. The molecule has 2 rings (SSSR count). The number of hydrogen-bond donors (Lipinski definition) is 4. The van der Waals surface area contributed by atoms with Crippen LogP contribution in [0, 0.1) is 6.92 Å². The maximum atomic E-state index is 12.1. The minimum Gasteiger partial charge on any atom is -0.481 e. The smallest absolute Gasteiger partial charge is 0.269 e. The summed E-state index contributed by atoms with van der Waals surface area (Å²) in [6.45, 7) is 4.35. The molecule has 7 nitrogen and oxygen atoms in total. The largest absolute Gasteiger partial charge is 0.481 e. The van der Waals surface area contributed by atoms with Crippen LogP contribution in [0.4, 0.5) is 5.69 Å². The minimum atomic E-state index is -0.406. The first kappa shape index (κ1) is 19.1. The van der Waals surface area contributed by atoms with Crippen LogP contribution in [-0.4, -0.2) is 24.5 Å². The number of amides is 1. The number of nitrogens with one attached hydrogen (secondary N) is 1. The molecule has 0 unspecified atom stereocenters. The van der Waals surface area contributed by atoms with Crippen molar-refractivity contribution in [3.05, 3.63) is 47.3 Å². The molecule has 7 N–H and O–H groups in total. The van der Waals surface area contributed by atoms with E-state index >= 15 is 0 Å². The molecule has 138 valence electrons. The molecule has 0 aliphatic carbocycles. The second kappa shape index (κ2) is 8.24. The molecule has 2 aromatic rings. The van der Waals surface area contributed by atoms with Crippen LogP contribution >= 0.6 is 0 Å². The summed E-state index contributed by atoms with van der Waals surface area (Å²) in [6.07, 6.45) is 0.806. The molecular formula is C19H25N5O2. The van der Waals surface area contributed by atoms with E-state index in [1.807, 2.05) is 32.0 Å². The quantitative estimate of drug-likeness (QED) is 0.461. The van der Waals surface area contributed by atoms with E-state index in [1.165, 1.54) is 0 Å². The van der Waals surface area contributed by atoms with Crippen LogP contribution in [0.5, 0.6) is 5.88 Å². The van der Waals surface area contributed by atoms with Gasteiger partial charge in [-0.2, -0.15) is 0 Å². The molecule has 0 spiro atoms. The van der Waals surface area contributed by atoms with Gasteiger partial charge in [-0.1, -0.05) is 25.1 Å². The molecule has 0 saturated carbocycles. The van der Waals surface area contributed by atoms with Gasteiger partial charge in [-0.3, -0.25) is 4.79 Å². The van der Waals surface area contributed by atoms with E-state index in [-0.39, 0.29) is 11.4 Å². The third kappa shape index (κ3) is 3.88. The van der Waals surface area contributed by atoms with Crippen molar-refractivity contribution in [3.63, 3.8) is 0 Å². The van der Waals surface area contributed by atoms with E-state index in [4.69, 9.17) is 21.9 Å². The molecule has 0 saturated heterocycles. The molecule has 0 radical (unpaired) electrons. The molecular weight excluding hydrogens is 330 g/mol. The Hall–Kier alpha value is -3.22. The SMILES string of the molecule is CCCNC(=O)/C(N)=C(\N)c1cccc(-c2ccc(OC)nc2C)c1N. The highest BCUT2D eigenvalue weighted by atomic mass is 16.5.